The summed E-state index contributed by atoms with van der Waals surface area (Å²) in [5, 5.41) is 14.2. The lowest BCUT2D eigenvalue weighted by Gasteiger charge is -2.18. The summed E-state index contributed by atoms with van der Waals surface area (Å²) in [6, 6.07) is 23.5. The van der Waals surface area contributed by atoms with E-state index in [1.807, 2.05) is 30.3 Å². The van der Waals surface area contributed by atoms with Crippen LogP contribution in [-0.4, -0.2) is 22.9 Å². The van der Waals surface area contributed by atoms with E-state index < -0.39 is 11.2 Å². The molecule has 3 aromatic rings. The van der Waals surface area contributed by atoms with E-state index in [1.165, 1.54) is 11.8 Å². The van der Waals surface area contributed by atoms with Gasteiger partial charge in [0, 0.05) is 17.0 Å². The predicted octanol–water partition coefficient (Wildman–Crippen LogP) is 5.62. The quantitative estimate of drug-likeness (QED) is 0.354. The highest BCUT2D eigenvalue weighted by atomic mass is 35.5. The molecule has 0 saturated heterocycles. The molecule has 0 radical (unpaired) electrons. The molecule has 0 saturated carbocycles. The number of benzene rings is 3. The van der Waals surface area contributed by atoms with E-state index in [-0.39, 0.29) is 24.7 Å². The Morgan fingerprint density at radius 2 is 1.50 bits per heavy atom. The number of carboxylic acids is 1. The maximum atomic E-state index is 13.1. The van der Waals surface area contributed by atoms with Crippen LogP contribution >= 0.6 is 23.4 Å². The van der Waals surface area contributed by atoms with Gasteiger partial charge >= 0.3 is 5.97 Å². The molecule has 0 aromatic heterocycles. The van der Waals surface area contributed by atoms with Gasteiger partial charge in [-0.3, -0.25) is 14.4 Å². The Labute approximate surface area is 195 Å². The first-order valence-electron chi connectivity index (χ1n) is 9.81. The lowest BCUT2D eigenvalue weighted by Crippen LogP contribution is -2.19. The van der Waals surface area contributed by atoms with Crippen molar-refractivity contribution < 1.29 is 19.5 Å². The Bertz CT molecular complexity index is 1090. The molecule has 32 heavy (non-hydrogen) atoms. The van der Waals surface area contributed by atoms with E-state index in [0.717, 1.165) is 10.5 Å². The second kappa shape index (κ2) is 11.4. The summed E-state index contributed by atoms with van der Waals surface area (Å²) in [6.07, 6.45) is -0.316. The van der Waals surface area contributed by atoms with Gasteiger partial charge in [0.05, 0.1) is 17.1 Å². The van der Waals surface area contributed by atoms with Gasteiger partial charge in [-0.25, -0.2) is 0 Å². The molecule has 0 bridgehead atoms. The second-order valence-electron chi connectivity index (χ2n) is 6.84. The Morgan fingerprint density at radius 1 is 0.844 bits per heavy atom. The number of halogens is 1. The molecule has 1 unspecified atom stereocenters. The van der Waals surface area contributed by atoms with Gasteiger partial charge in [-0.15, -0.1) is 11.8 Å². The monoisotopic (exact) mass is 468 g/mol. The van der Waals surface area contributed by atoms with Crippen LogP contribution in [0.25, 0.3) is 0 Å². The Hall–Kier alpha value is -3.29. The molecule has 0 heterocycles. The van der Waals surface area contributed by atoms with Crippen LogP contribution in [0.3, 0.4) is 0 Å². The number of aliphatic carboxylic acids is 1. The second-order valence-corrected chi connectivity index (χ2v) is 8.43. The van der Waals surface area contributed by atoms with Crippen LogP contribution in [0.1, 0.15) is 23.7 Å². The van der Waals surface area contributed by atoms with Gasteiger partial charge in [-0.1, -0.05) is 54.1 Å². The lowest BCUT2D eigenvalue weighted by molar-refractivity contribution is -0.138. The number of thioether (sulfide) groups is 1. The minimum Gasteiger partial charge on any atom is -0.481 e. The Kier molecular flexibility index (Phi) is 8.30. The number of carbonyl (C=O) groups is 3. The van der Waals surface area contributed by atoms with E-state index >= 15 is 0 Å². The number of amides is 2. The first-order chi connectivity index (χ1) is 15.4. The van der Waals surface area contributed by atoms with Crippen LogP contribution in [0.2, 0.25) is 5.02 Å². The van der Waals surface area contributed by atoms with E-state index in [2.05, 4.69) is 10.6 Å². The molecule has 0 aliphatic rings. The van der Waals surface area contributed by atoms with Crippen molar-refractivity contribution in [1.82, 2.24) is 0 Å². The molecule has 8 heteroatoms. The van der Waals surface area contributed by atoms with Crippen molar-refractivity contribution in [2.24, 2.45) is 0 Å². The zero-order chi connectivity index (χ0) is 22.9. The summed E-state index contributed by atoms with van der Waals surface area (Å²) < 4.78 is 0. The third-order valence-electron chi connectivity index (χ3n) is 4.43. The molecule has 1 atom stereocenters. The highest BCUT2D eigenvalue weighted by molar-refractivity contribution is 8.00. The topological polar surface area (TPSA) is 95.5 Å². The fraction of sp³-hybridized carbons (Fsp3) is 0.125. The van der Waals surface area contributed by atoms with Crippen molar-refractivity contribution in [2.45, 2.75) is 23.0 Å². The van der Waals surface area contributed by atoms with Crippen LogP contribution < -0.4 is 10.6 Å². The minimum absolute atomic E-state index is 0.0931. The van der Waals surface area contributed by atoms with E-state index in [1.54, 1.807) is 48.5 Å². The molecule has 0 aliphatic carbocycles. The van der Waals surface area contributed by atoms with Gasteiger partial charge in [0.15, 0.2) is 0 Å². The van der Waals surface area contributed by atoms with Gasteiger partial charge in [-0.2, -0.15) is 0 Å². The molecule has 6 nitrogen and oxygen atoms in total. The first kappa shape index (κ1) is 23.4. The van der Waals surface area contributed by atoms with E-state index in [9.17, 15) is 14.4 Å². The maximum absolute atomic E-state index is 13.1. The van der Waals surface area contributed by atoms with Crippen LogP contribution in [0, 0.1) is 0 Å². The predicted molar refractivity (Wildman–Crippen MR) is 127 cm³/mol. The summed E-state index contributed by atoms with van der Waals surface area (Å²) >= 11 is 7.56. The van der Waals surface area contributed by atoms with Gasteiger partial charge in [0.2, 0.25) is 11.8 Å². The number of para-hydroxylation sites is 1. The van der Waals surface area contributed by atoms with Crippen LogP contribution in [0.15, 0.2) is 83.8 Å². The van der Waals surface area contributed by atoms with Crippen LogP contribution in [-0.2, 0) is 14.4 Å². The summed E-state index contributed by atoms with van der Waals surface area (Å²) in [5.74, 6) is -1.59. The fourth-order valence-corrected chi connectivity index (χ4v) is 4.07. The van der Waals surface area contributed by atoms with Gasteiger partial charge in [0.25, 0.3) is 0 Å². The minimum atomic E-state index is -1.02. The number of carbonyl (C=O) groups excluding carboxylic acids is 2. The summed E-state index contributed by atoms with van der Waals surface area (Å²) in [7, 11) is 0. The number of nitrogens with one attached hydrogen (secondary N) is 2. The molecule has 164 valence electrons. The molecule has 2 amide bonds. The maximum Gasteiger partial charge on any atom is 0.303 e. The SMILES string of the molecule is O=C(O)CCC(=O)Nc1ccc(SC(C(=O)Nc2ccccc2Cl)c2ccccc2)cc1. The molecule has 0 spiro atoms. The normalized spacial score (nSPS) is 11.4. The molecule has 0 aliphatic heterocycles. The van der Waals surface area contributed by atoms with Crippen molar-refractivity contribution in [3.05, 3.63) is 89.4 Å². The largest absolute Gasteiger partial charge is 0.481 e. The summed E-state index contributed by atoms with van der Waals surface area (Å²) in [6.45, 7) is 0. The zero-order valence-corrected chi connectivity index (χ0v) is 18.5. The lowest BCUT2D eigenvalue weighted by atomic mass is 10.1. The smallest absolute Gasteiger partial charge is 0.303 e. The van der Waals surface area contributed by atoms with E-state index in [0.29, 0.717) is 16.4 Å². The Balaban J connectivity index is 1.72. The number of hydrogen-bond acceptors (Lipinski definition) is 4. The molecule has 3 rings (SSSR count). The third kappa shape index (κ3) is 6.87. The van der Waals surface area contributed by atoms with Crippen LogP contribution in [0.4, 0.5) is 11.4 Å². The van der Waals surface area contributed by atoms with Crippen molar-refractivity contribution in [3.63, 3.8) is 0 Å². The number of rotatable bonds is 9. The van der Waals surface area contributed by atoms with Crippen molar-refractivity contribution >= 4 is 52.5 Å². The highest BCUT2D eigenvalue weighted by Crippen LogP contribution is 2.37. The summed E-state index contributed by atoms with van der Waals surface area (Å²) in [5.41, 5.74) is 1.94. The molecular formula is C24H21ClN2O4S. The fourth-order valence-electron chi connectivity index (χ4n) is 2.86. The third-order valence-corrected chi connectivity index (χ3v) is 6.03. The molecule has 3 aromatic carbocycles. The zero-order valence-electron chi connectivity index (χ0n) is 17.0. The highest BCUT2D eigenvalue weighted by Gasteiger charge is 2.23. The van der Waals surface area contributed by atoms with Crippen molar-refractivity contribution in [2.75, 3.05) is 10.6 Å². The first-order valence-corrected chi connectivity index (χ1v) is 11.1. The van der Waals surface area contributed by atoms with Gasteiger partial charge in [-0.05, 0) is 42.0 Å². The standard InChI is InChI=1S/C24H21ClN2O4S/c25-19-8-4-5-9-20(19)27-24(31)23(16-6-2-1-3-7-16)32-18-12-10-17(11-13-18)26-21(28)14-15-22(29)30/h1-13,23H,14-15H2,(H,26,28)(H,27,31)(H,29,30). The number of carboxylic acid groups (broad SMARTS) is 1. The number of hydrogen-bond donors (Lipinski definition) is 3. The molecule has 3 N–H and O–H groups in total. The van der Waals surface area contributed by atoms with Crippen LogP contribution in [0.5, 0.6) is 0 Å². The average Bonchev–Trinajstić information content (AvgIpc) is 2.79. The van der Waals surface area contributed by atoms with Gasteiger partial charge in [0.1, 0.15) is 5.25 Å². The Morgan fingerprint density at radius 3 is 2.16 bits per heavy atom. The number of anilines is 2. The van der Waals surface area contributed by atoms with Crippen molar-refractivity contribution in [1.29, 1.82) is 0 Å². The van der Waals surface area contributed by atoms with Crippen molar-refractivity contribution in [3.8, 4) is 0 Å². The average molecular weight is 469 g/mol. The molecule has 0 fully saturated rings. The van der Waals surface area contributed by atoms with Gasteiger partial charge < -0.3 is 15.7 Å². The van der Waals surface area contributed by atoms with E-state index in [4.69, 9.17) is 16.7 Å². The summed E-state index contributed by atoms with van der Waals surface area (Å²) in [4.78, 5) is 36.3. The molecular weight excluding hydrogens is 448 g/mol.